The summed E-state index contributed by atoms with van der Waals surface area (Å²) in [5.41, 5.74) is 0. The maximum Gasteiger partial charge on any atom is 0.261 e. The molecule has 0 heterocycles. The van der Waals surface area contributed by atoms with Gasteiger partial charge >= 0.3 is 0 Å². The third kappa shape index (κ3) is 5.75. The summed E-state index contributed by atoms with van der Waals surface area (Å²) < 4.78 is 12.6. The van der Waals surface area contributed by atoms with Crippen LogP contribution in [0.5, 0.6) is 0 Å². The zero-order valence-corrected chi connectivity index (χ0v) is 18.5. The summed E-state index contributed by atoms with van der Waals surface area (Å²) in [7, 11) is -2.43. The molecule has 0 radical (unpaired) electrons. The molecule has 148 valence electrons. The van der Waals surface area contributed by atoms with Crippen LogP contribution in [0.25, 0.3) is 0 Å². The Labute approximate surface area is 166 Å². The molecule has 0 aliphatic carbocycles. The smallest absolute Gasteiger partial charge is 0.261 e. The molecule has 0 bridgehead atoms. The number of hydrogen-bond acceptors (Lipinski definition) is 3. The van der Waals surface area contributed by atoms with Gasteiger partial charge in [-0.15, -0.1) is 0 Å². The molecule has 2 aromatic carbocycles. The van der Waals surface area contributed by atoms with E-state index in [0.29, 0.717) is 25.9 Å². The maximum absolute atomic E-state index is 6.79. The molecule has 0 aliphatic heterocycles. The Bertz CT molecular complexity index is 614. The Morgan fingerprint density at radius 3 is 1.78 bits per heavy atom. The van der Waals surface area contributed by atoms with Crippen molar-refractivity contribution in [1.29, 1.82) is 0 Å². The second kappa shape index (κ2) is 10.2. The standard InChI is InChI=1S/C23H35NO2Si/c1-20(2)24-16-17-25-18-19-26-27(23(3,4)5,21-12-8-6-9-13-21)22-14-10-7-11-15-22/h6-15,20,24H,16-19H2,1-5H3. The van der Waals surface area contributed by atoms with E-state index in [2.05, 4.69) is 101 Å². The molecule has 0 fully saturated rings. The Morgan fingerprint density at radius 2 is 1.33 bits per heavy atom. The molecule has 0 aromatic heterocycles. The van der Waals surface area contributed by atoms with E-state index in [4.69, 9.17) is 9.16 Å². The van der Waals surface area contributed by atoms with E-state index in [1.54, 1.807) is 0 Å². The second-order valence-corrected chi connectivity index (χ2v) is 12.5. The van der Waals surface area contributed by atoms with E-state index in [0.717, 1.165) is 6.54 Å². The minimum Gasteiger partial charge on any atom is -0.405 e. The van der Waals surface area contributed by atoms with Gasteiger partial charge in [-0.05, 0) is 15.4 Å². The lowest BCUT2D eigenvalue weighted by Crippen LogP contribution is -2.66. The summed E-state index contributed by atoms with van der Waals surface area (Å²) in [4.78, 5) is 0. The van der Waals surface area contributed by atoms with Crippen LogP contribution in [0.4, 0.5) is 0 Å². The zero-order valence-electron chi connectivity index (χ0n) is 17.5. The summed E-state index contributed by atoms with van der Waals surface area (Å²) in [6, 6.07) is 22.0. The van der Waals surface area contributed by atoms with Gasteiger partial charge in [0.2, 0.25) is 0 Å². The molecule has 0 spiro atoms. The zero-order chi connectivity index (χ0) is 19.8. The van der Waals surface area contributed by atoms with Crippen molar-refractivity contribution in [2.24, 2.45) is 0 Å². The summed E-state index contributed by atoms with van der Waals surface area (Å²) >= 11 is 0. The van der Waals surface area contributed by atoms with Gasteiger partial charge in [-0.25, -0.2) is 0 Å². The average Bonchev–Trinajstić information content (AvgIpc) is 2.64. The minimum atomic E-state index is -2.43. The van der Waals surface area contributed by atoms with Crippen molar-refractivity contribution in [3.05, 3.63) is 60.7 Å². The third-order valence-corrected chi connectivity index (χ3v) is 9.80. The number of benzene rings is 2. The second-order valence-electron chi connectivity index (χ2n) is 8.23. The van der Waals surface area contributed by atoms with Gasteiger partial charge in [0.25, 0.3) is 8.32 Å². The highest BCUT2D eigenvalue weighted by molar-refractivity contribution is 6.99. The Balaban J connectivity index is 2.18. The van der Waals surface area contributed by atoms with Gasteiger partial charge < -0.3 is 14.5 Å². The molecule has 0 atom stereocenters. The molecule has 1 N–H and O–H groups in total. The number of hydrogen-bond donors (Lipinski definition) is 1. The molecular formula is C23H35NO2Si. The monoisotopic (exact) mass is 385 g/mol. The van der Waals surface area contributed by atoms with Crippen LogP contribution in [0.3, 0.4) is 0 Å². The van der Waals surface area contributed by atoms with E-state index < -0.39 is 8.32 Å². The highest BCUT2D eigenvalue weighted by atomic mass is 28.4. The SMILES string of the molecule is CC(C)NCCOCCO[Si](c1ccccc1)(c1ccccc1)C(C)(C)C. The van der Waals surface area contributed by atoms with Crippen LogP contribution in [-0.4, -0.2) is 40.7 Å². The molecular weight excluding hydrogens is 350 g/mol. The van der Waals surface area contributed by atoms with Gasteiger partial charge in [0, 0.05) is 12.6 Å². The fraction of sp³-hybridized carbons (Fsp3) is 0.478. The lowest BCUT2D eigenvalue weighted by Gasteiger charge is -2.43. The molecule has 0 saturated heterocycles. The van der Waals surface area contributed by atoms with Gasteiger partial charge in [-0.3, -0.25) is 0 Å². The van der Waals surface area contributed by atoms with E-state index in [1.165, 1.54) is 10.4 Å². The van der Waals surface area contributed by atoms with Crippen LogP contribution < -0.4 is 15.7 Å². The van der Waals surface area contributed by atoms with Crippen molar-refractivity contribution in [1.82, 2.24) is 5.32 Å². The fourth-order valence-electron chi connectivity index (χ4n) is 3.54. The van der Waals surface area contributed by atoms with E-state index >= 15 is 0 Å². The lowest BCUT2D eigenvalue weighted by atomic mass is 10.2. The quantitative estimate of drug-likeness (QED) is 0.501. The largest absolute Gasteiger partial charge is 0.405 e. The minimum absolute atomic E-state index is 0.00883. The van der Waals surface area contributed by atoms with Crippen molar-refractivity contribution >= 4 is 18.7 Å². The van der Waals surface area contributed by atoms with Crippen LogP contribution in [0.2, 0.25) is 5.04 Å². The predicted octanol–water partition coefficient (Wildman–Crippen LogP) is 3.58. The van der Waals surface area contributed by atoms with Crippen LogP contribution >= 0.6 is 0 Å². The third-order valence-electron chi connectivity index (χ3n) is 4.76. The lowest BCUT2D eigenvalue weighted by molar-refractivity contribution is 0.0976. The van der Waals surface area contributed by atoms with Gasteiger partial charge in [-0.1, -0.05) is 95.3 Å². The van der Waals surface area contributed by atoms with Crippen LogP contribution in [-0.2, 0) is 9.16 Å². The van der Waals surface area contributed by atoms with Gasteiger partial charge in [0.05, 0.1) is 19.8 Å². The first-order valence-corrected chi connectivity index (χ1v) is 11.8. The van der Waals surface area contributed by atoms with E-state index in [1.807, 2.05) is 0 Å². The average molecular weight is 386 g/mol. The summed E-state index contributed by atoms with van der Waals surface area (Å²) in [5, 5.41) is 6.00. The van der Waals surface area contributed by atoms with E-state index in [9.17, 15) is 0 Å². The molecule has 0 unspecified atom stereocenters. The predicted molar refractivity (Wildman–Crippen MR) is 118 cm³/mol. The van der Waals surface area contributed by atoms with Crippen molar-refractivity contribution in [3.63, 3.8) is 0 Å². The maximum atomic E-state index is 6.79. The van der Waals surface area contributed by atoms with Crippen LogP contribution in [0, 0.1) is 0 Å². The fourth-order valence-corrected chi connectivity index (χ4v) is 8.08. The summed E-state index contributed by atoms with van der Waals surface area (Å²) in [6.45, 7) is 14.0. The molecule has 3 nitrogen and oxygen atoms in total. The van der Waals surface area contributed by atoms with Gasteiger partial charge in [0.15, 0.2) is 0 Å². The molecule has 27 heavy (non-hydrogen) atoms. The first kappa shape index (κ1) is 21.8. The Kier molecular flexibility index (Phi) is 8.23. The summed E-state index contributed by atoms with van der Waals surface area (Å²) in [5.74, 6) is 0. The van der Waals surface area contributed by atoms with Crippen molar-refractivity contribution in [2.45, 2.75) is 45.7 Å². The summed E-state index contributed by atoms with van der Waals surface area (Å²) in [6.07, 6.45) is 0. The highest BCUT2D eigenvalue weighted by Gasteiger charge is 2.49. The molecule has 2 aromatic rings. The first-order chi connectivity index (χ1) is 12.9. The molecule has 0 saturated carbocycles. The van der Waals surface area contributed by atoms with Crippen LogP contribution in [0.1, 0.15) is 34.6 Å². The first-order valence-electron chi connectivity index (χ1n) is 9.94. The number of ether oxygens (including phenoxy) is 1. The van der Waals surface area contributed by atoms with E-state index in [-0.39, 0.29) is 5.04 Å². The van der Waals surface area contributed by atoms with Gasteiger partial charge in [-0.2, -0.15) is 0 Å². The van der Waals surface area contributed by atoms with Crippen molar-refractivity contribution in [2.75, 3.05) is 26.4 Å². The Morgan fingerprint density at radius 1 is 0.815 bits per heavy atom. The highest BCUT2D eigenvalue weighted by Crippen LogP contribution is 2.36. The molecule has 2 rings (SSSR count). The molecule has 0 aliphatic rings. The van der Waals surface area contributed by atoms with Crippen LogP contribution in [0.15, 0.2) is 60.7 Å². The normalized spacial score (nSPS) is 12.5. The number of nitrogens with one attached hydrogen (secondary N) is 1. The van der Waals surface area contributed by atoms with Gasteiger partial charge in [0.1, 0.15) is 0 Å². The Hall–Kier alpha value is -1.46. The van der Waals surface area contributed by atoms with Crippen molar-refractivity contribution in [3.8, 4) is 0 Å². The molecule has 0 amide bonds. The number of rotatable bonds is 10. The molecule has 4 heteroatoms. The van der Waals surface area contributed by atoms with Crippen molar-refractivity contribution < 1.29 is 9.16 Å². The topological polar surface area (TPSA) is 30.5 Å².